The summed E-state index contributed by atoms with van der Waals surface area (Å²) in [6.45, 7) is 4.35. The molecule has 1 rings (SSSR count). The van der Waals surface area contributed by atoms with Crippen molar-refractivity contribution < 1.29 is 4.21 Å². The molecule has 88 valence electrons. The van der Waals surface area contributed by atoms with Crippen molar-refractivity contribution in [1.29, 1.82) is 0 Å². The van der Waals surface area contributed by atoms with Crippen LogP contribution in [0, 0.1) is 0 Å². The molecular weight excluding hydrogens is 236 g/mol. The van der Waals surface area contributed by atoms with Gasteiger partial charge in [-0.05, 0) is 29.4 Å². The van der Waals surface area contributed by atoms with E-state index in [0.29, 0.717) is 5.92 Å². The third-order valence-corrected chi connectivity index (χ3v) is 4.78. The van der Waals surface area contributed by atoms with Crippen LogP contribution in [0.5, 0.6) is 0 Å². The van der Waals surface area contributed by atoms with E-state index in [0.717, 1.165) is 4.24 Å². The standard InChI is InChI=1S/C13H18OS2/c1-10(2)12-8-6-5-7-11(12)9-13(15-3)16(4)14/h5-10H,1-4H3/b13-9+. The molecule has 0 amide bonds. The van der Waals surface area contributed by atoms with Gasteiger partial charge in [0.1, 0.15) is 0 Å². The Bertz CT molecular complexity index is 408. The van der Waals surface area contributed by atoms with Gasteiger partial charge in [0, 0.05) is 6.26 Å². The molecule has 1 nitrogen and oxygen atoms in total. The Hall–Kier alpha value is -0.540. The maximum atomic E-state index is 11.5. The van der Waals surface area contributed by atoms with Crippen LogP contribution in [-0.4, -0.2) is 16.7 Å². The molecule has 1 aromatic rings. The first-order chi connectivity index (χ1) is 7.56. The minimum absolute atomic E-state index is 0.487. The number of rotatable bonds is 4. The van der Waals surface area contributed by atoms with Crippen molar-refractivity contribution in [2.24, 2.45) is 0 Å². The van der Waals surface area contributed by atoms with E-state index in [4.69, 9.17) is 0 Å². The predicted octanol–water partition coefficient (Wildman–Crippen LogP) is 3.85. The summed E-state index contributed by atoms with van der Waals surface area (Å²) in [5, 5.41) is 0. The lowest BCUT2D eigenvalue weighted by Gasteiger charge is -2.10. The molecule has 0 radical (unpaired) electrons. The Morgan fingerprint density at radius 2 is 2.00 bits per heavy atom. The van der Waals surface area contributed by atoms with E-state index in [-0.39, 0.29) is 0 Å². The quantitative estimate of drug-likeness (QED) is 0.812. The lowest BCUT2D eigenvalue weighted by Crippen LogP contribution is -1.93. The van der Waals surface area contributed by atoms with Crippen LogP contribution in [0.15, 0.2) is 28.5 Å². The van der Waals surface area contributed by atoms with Gasteiger partial charge in [0.2, 0.25) is 0 Å². The lowest BCUT2D eigenvalue weighted by atomic mass is 9.97. The minimum atomic E-state index is -0.901. The van der Waals surface area contributed by atoms with Crippen molar-refractivity contribution in [3.8, 4) is 0 Å². The monoisotopic (exact) mass is 254 g/mol. The molecule has 0 saturated heterocycles. The molecule has 1 aromatic carbocycles. The minimum Gasteiger partial charge on any atom is -0.254 e. The summed E-state index contributed by atoms with van der Waals surface area (Å²) >= 11 is 1.55. The number of hydrogen-bond donors (Lipinski definition) is 0. The highest BCUT2D eigenvalue weighted by molar-refractivity contribution is 8.16. The molecule has 0 N–H and O–H groups in total. The van der Waals surface area contributed by atoms with Crippen LogP contribution >= 0.6 is 11.8 Å². The zero-order chi connectivity index (χ0) is 12.1. The van der Waals surface area contributed by atoms with Crippen LogP contribution in [0.2, 0.25) is 0 Å². The Morgan fingerprint density at radius 1 is 1.38 bits per heavy atom. The van der Waals surface area contributed by atoms with Gasteiger partial charge in [-0.25, -0.2) is 0 Å². The van der Waals surface area contributed by atoms with Crippen molar-refractivity contribution in [2.75, 3.05) is 12.5 Å². The van der Waals surface area contributed by atoms with Crippen LogP contribution in [-0.2, 0) is 10.8 Å². The zero-order valence-electron chi connectivity index (χ0n) is 10.2. The van der Waals surface area contributed by atoms with Gasteiger partial charge in [0.15, 0.2) is 0 Å². The molecule has 3 heteroatoms. The van der Waals surface area contributed by atoms with Gasteiger partial charge in [0.25, 0.3) is 0 Å². The molecular formula is C13H18OS2. The summed E-state index contributed by atoms with van der Waals surface area (Å²) in [7, 11) is -0.901. The molecule has 1 atom stereocenters. The summed E-state index contributed by atoms with van der Waals surface area (Å²) in [4.78, 5) is 0. The van der Waals surface area contributed by atoms with Gasteiger partial charge in [-0.1, -0.05) is 38.1 Å². The molecule has 1 unspecified atom stereocenters. The lowest BCUT2D eigenvalue weighted by molar-refractivity contribution is 0.691. The van der Waals surface area contributed by atoms with Crippen LogP contribution in [0.3, 0.4) is 0 Å². The van der Waals surface area contributed by atoms with E-state index in [1.54, 1.807) is 18.0 Å². The summed E-state index contributed by atoms with van der Waals surface area (Å²) in [5.74, 6) is 0.487. The van der Waals surface area contributed by atoms with Crippen LogP contribution < -0.4 is 0 Å². The third kappa shape index (κ3) is 3.49. The highest BCUT2D eigenvalue weighted by atomic mass is 32.2. The molecule has 0 aliphatic carbocycles. The number of hydrogen-bond acceptors (Lipinski definition) is 2. The smallest absolute Gasteiger partial charge is 0.0716 e. The fraction of sp³-hybridized carbons (Fsp3) is 0.385. The second-order valence-electron chi connectivity index (χ2n) is 3.91. The number of benzene rings is 1. The van der Waals surface area contributed by atoms with Crippen molar-refractivity contribution >= 4 is 28.6 Å². The van der Waals surface area contributed by atoms with Gasteiger partial charge in [0.05, 0.1) is 15.0 Å². The number of thioether (sulfide) groups is 1. The summed E-state index contributed by atoms with van der Waals surface area (Å²) in [6.07, 6.45) is 5.72. The maximum Gasteiger partial charge on any atom is 0.0716 e. The second kappa shape index (κ2) is 6.26. The molecule has 0 saturated carbocycles. The second-order valence-corrected chi connectivity index (χ2v) is 6.36. The van der Waals surface area contributed by atoms with Crippen LogP contribution in [0.4, 0.5) is 0 Å². The average Bonchev–Trinajstić information content (AvgIpc) is 2.25. The largest absolute Gasteiger partial charge is 0.254 e. The predicted molar refractivity (Wildman–Crippen MR) is 76.1 cm³/mol. The maximum absolute atomic E-state index is 11.5. The summed E-state index contributed by atoms with van der Waals surface area (Å²) in [6, 6.07) is 8.29. The molecule has 0 spiro atoms. The zero-order valence-corrected chi connectivity index (χ0v) is 11.8. The van der Waals surface area contributed by atoms with E-state index in [1.165, 1.54) is 11.1 Å². The van der Waals surface area contributed by atoms with Crippen molar-refractivity contribution in [1.82, 2.24) is 0 Å². The Labute approximate surface area is 105 Å². The first-order valence-electron chi connectivity index (χ1n) is 5.24. The highest BCUT2D eigenvalue weighted by Gasteiger charge is 2.06. The van der Waals surface area contributed by atoms with Crippen molar-refractivity contribution in [3.05, 3.63) is 39.6 Å². The molecule has 0 aromatic heterocycles. The van der Waals surface area contributed by atoms with Gasteiger partial charge in [-0.2, -0.15) is 0 Å². The first kappa shape index (κ1) is 13.5. The third-order valence-electron chi connectivity index (χ3n) is 2.38. The first-order valence-corrected chi connectivity index (χ1v) is 8.02. The van der Waals surface area contributed by atoms with Gasteiger partial charge >= 0.3 is 0 Å². The SMILES string of the molecule is CS/C(=C\c1ccccc1C(C)C)S(C)=O. The fourth-order valence-electron chi connectivity index (χ4n) is 1.55. The van der Waals surface area contributed by atoms with E-state index < -0.39 is 10.8 Å². The van der Waals surface area contributed by atoms with Crippen molar-refractivity contribution in [3.63, 3.8) is 0 Å². The normalized spacial score (nSPS) is 14.2. The summed E-state index contributed by atoms with van der Waals surface area (Å²) in [5.41, 5.74) is 2.48. The molecule has 0 aliphatic heterocycles. The van der Waals surface area contributed by atoms with Gasteiger partial charge in [-0.3, -0.25) is 4.21 Å². The Kier molecular flexibility index (Phi) is 5.29. The Balaban J connectivity index is 3.18. The fourth-order valence-corrected chi connectivity index (χ4v) is 3.03. The van der Waals surface area contributed by atoms with Gasteiger partial charge in [-0.15, -0.1) is 11.8 Å². The Morgan fingerprint density at radius 3 is 2.50 bits per heavy atom. The molecule has 0 aliphatic rings. The average molecular weight is 254 g/mol. The van der Waals surface area contributed by atoms with E-state index >= 15 is 0 Å². The topological polar surface area (TPSA) is 17.1 Å². The van der Waals surface area contributed by atoms with E-state index in [9.17, 15) is 4.21 Å². The molecule has 0 heterocycles. The molecule has 0 fully saturated rings. The summed E-state index contributed by atoms with van der Waals surface area (Å²) < 4.78 is 12.4. The van der Waals surface area contributed by atoms with Crippen LogP contribution in [0.25, 0.3) is 6.08 Å². The van der Waals surface area contributed by atoms with E-state index in [1.807, 2.05) is 24.5 Å². The van der Waals surface area contributed by atoms with E-state index in [2.05, 4.69) is 26.0 Å². The highest BCUT2D eigenvalue weighted by Crippen LogP contribution is 2.25. The van der Waals surface area contributed by atoms with Gasteiger partial charge < -0.3 is 0 Å². The van der Waals surface area contributed by atoms with Crippen molar-refractivity contribution in [2.45, 2.75) is 19.8 Å². The molecule has 16 heavy (non-hydrogen) atoms. The van der Waals surface area contributed by atoms with Crippen LogP contribution in [0.1, 0.15) is 30.9 Å². The molecule has 0 bridgehead atoms.